The van der Waals surface area contributed by atoms with Gasteiger partial charge in [-0.05, 0) is 32.4 Å². The van der Waals surface area contributed by atoms with Gasteiger partial charge in [0.2, 0.25) is 0 Å². The van der Waals surface area contributed by atoms with E-state index in [2.05, 4.69) is 22.2 Å². The lowest BCUT2D eigenvalue weighted by Gasteiger charge is -2.16. The van der Waals surface area contributed by atoms with E-state index in [1.165, 1.54) is 11.8 Å². The van der Waals surface area contributed by atoms with E-state index >= 15 is 0 Å². The molecule has 0 saturated carbocycles. The average molecular weight is 297 g/mol. The molecular formula is C14H23N3O2S. The minimum Gasteiger partial charge on any atom is -0.396 e. The lowest BCUT2D eigenvalue weighted by molar-refractivity contribution is 0.0938. The Labute approximate surface area is 124 Å². The van der Waals surface area contributed by atoms with Crippen LogP contribution in [0, 0.1) is 19.8 Å². The van der Waals surface area contributed by atoms with Crippen molar-refractivity contribution in [3.63, 3.8) is 0 Å². The Kier molecular flexibility index (Phi) is 6.95. The zero-order valence-electron chi connectivity index (χ0n) is 12.6. The number of carbonyl (C=O) groups excluding carboxylic acids is 1. The Morgan fingerprint density at radius 3 is 2.65 bits per heavy atom. The Balaban J connectivity index is 2.82. The third-order valence-electron chi connectivity index (χ3n) is 3.25. The highest BCUT2D eigenvalue weighted by Crippen LogP contribution is 2.20. The average Bonchev–Trinajstić information content (AvgIpc) is 2.42. The van der Waals surface area contributed by atoms with Gasteiger partial charge in [-0.25, -0.2) is 9.97 Å². The second-order valence-corrected chi connectivity index (χ2v) is 5.53. The number of aliphatic hydroxyl groups is 1. The normalized spacial score (nSPS) is 12.2. The maximum atomic E-state index is 12.3. The van der Waals surface area contributed by atoms with Gasteiger partial charge in [-0.3, -0.25) is 4.79 Å². The van der Waals surface area contributed by atoms with Gasteiger partial charge in [0.1, 0.15) is 10.9 Å². The van der Waals surface area contributed by atoms with Crippen LogP contribution >= 0.6 is 11.8 Å². The highest BCUT2D eigenvalue weighted by atomic mass is 32.2. The van der Waals surface area contributed by atoms with E-state index in [1.54, 1.807) is 0 Å². The lowest BCUT2D eigenvalue weighted by Crippen LogP contribution is -2.31. The van der Waals surface area contributed by atoms with Crippen molar-refractivity contribution in [2.45, 2.75) is 38.6 Å². The number of aromatic nitrogens is 2. The Bertz CT molecular complexity index is 466. The standard InChI is InChI=1S/C14H23N3O2S/c1-5-11(6-7-18)8-15-13(19)12-9(2)16-10(3)17-14(12)20-4/h11,18H,5-8H2,1-4H3,(H,15,19). The molecule has 1 unspecified atom stereocenters. The van der Waals surface area contributed by atoms with Crippen LogP contribution in [0.4, 0.5) is 0 Å². The molecule has 1 aromatic heterocycles. The Morgan fingerprint density at radius 2 is 2.10 bits per heavy atom. The Hall–Kier alpha value is -1.14. The molecular weight excluding hydrogens is 274 g/mol. The molecule has 1 aromatic rings. The first-order valence-corrected chi connectivity index (χ1v) is 8.04. The molecule has 1 heterocycles. The summed E-state index contributed by atoms with van der Waals surface area (Å²) < 4.78 is 0. The zero-order valence-corrected chi connectivity index (χ0v) is 13.4. The molecule has 0 fully saturated rings. The van der Waals surface area contributed by atoms with Crippen molar-refractivity contribution in [1.29, 1.82) is 0 Å². The molecule has 0 aliphatic heterocycles. The van der Waals surface area contributed by atoms with Gasteiger partial charge in [0, 0.05) is 13.2 Å². The fourth-order valence-corrected chi connectivity index (χ4v) is 2.72. The second kappa shape index (κ2) is 8.21. The maximum absolute atomic E-state index is 12.3. The zero-order chi connectivity index (χ0) is 15.1. The quantitative estimate of drug-likeness (QED) is 0.594. The minimum absolute atomic E-state index is 0.136. The molecule has 0 aromatic carbocycles. The van der Waals surface area contributed by atoms with Crippen LogP contribution in [0.5, 0.6) is 0 Å². The van der Waals surface area contributed by atoms with Crippen LogP contribution in [0.1, 0.15) is 41.6 Å². The summed E-state index contributed by atoms with van der Waals surface area (Å²) in [5.74, 6) is 0.840. The van der Waals surface area contributed by atoms with Crippen molar-refractivity contribution in [1.82, 2.24) is 15.3 Å². The smallest absolute Gasteiger partial charge is 0.255 e. The van der Waals surface area contributed by atoms with Gasteiger partial charge >= 0.3 is 0 Å². The van der Waals surface area contributed by atoms with Gasteiger partial charge in [-0.2, -0.15) is 0 Å². The Morgan fingerprint density at radius 1 is 1.40 bits per heavy atom. The van der Waals surface area contributed by atoms with Gasteiger partial charge in [0.15, 0.2) is 0 Å². The van der Waals surface area contributed by atoms with E-state index in [4.69, 9.17) is 5.11 Å². The first-order valence-electron chi connectivity index (χ1n) is 6.81. The first kappa shape index (κ1) is 16.9. The number of hydrogen-bond donors (Lipinski definition) is 2. The fraction of sp³-hybridized carbons (Fsp3) is 0.643. The topological polar surface area (TPSA) is 75.1 Å². The summed E-state index contributed by atoms with van der Waals surface area (Å²) >= 11 is 1.45. The van der Waals surface area contributed by atoms with Crippen molar-refractivity contribution < 1.29 is 9.90 Å². The van der Waals surface area contributed by atoms with Crippen LogP contribution in [0.25, 0.3) is 0 Å². The lowest BCUT2D eigenvalue weighted by atomic mass is 10.0. The third kappa shape index (κ3) is 4.45. The highest BCUT2D eigenvalue weighted by molar-refractivity contribution is 7.98. The van der Waals surface area contributed by atoms with Crippen molar-refractivity contribution >= 4 is 17.7 Å². The predicted octanol–water partition coefficient (Wildman–Crippen LogP) is 1.95. The number of rotatable bonds is 7. The molecule has 1 rings (SSSR count). The van der Waals surface area contributed by atoms with Gasteiger partial charge in [-0.15, -0.1) is 11.8 Å². The summed E-state index contributed by atoms with van der Waals surface area (Å²) in [6, 6.07) is 0. The van der Waals surface area contributed by atoms with E-state index in [9.17, 15) is 4.79 Å². The van der Waals surface area contributed by atoms with Crippen molar-refractivity contribution in [3.05, 3.63) is 17.1 Å². The number of thioether (sulfide) groups is 1. The predicted molar refractivity (Wildman–Crippen MR) is 81.1 cm³/mol. The molecule has 1 amide bonds. The van der Waals surface area contributed by atoms with E-state index in [0.717, 1.165) is 6.42 Å². The van der Waals surface area contributed by atoms with Crippen LogP contribution in [-0.2, 0) is 0 Å². The van der Waals surface area contributed by atoms with Crippen molar-refractivity contribution in [3.8, 4) is 0 Å². The molecule has 2 N–H and O–H groups in total. The number of nitrogens with zero attached hydrogens (tertiary/aromatic N) is 2. The third-order valence-corrected chi connectivity index (χ3v) is 3.94. The van der Waals surface area contributed by atoms with Crippen molar-refractivity contribution in [2.24, 2.45) is 5.92 Å². The molecule has 0 aliphatic carbocycles. The minimum atomic E-state index is -0.136. The number of nitrogens with one attached hydrogen (secondary N) is 1. The molecule has 5 nitrogen and oxygen atoms in total. The first-order chi connectivity index (χ1) is 9.53. The van der Waals surface area contributed by atoms with Gasteiger partial charge < -0.3 is 10.4 Å². The van der Waals surface area contributed by atoms with Crippen molar-refractivity contribution in [2.75, 3.05) is 19.4 Å². The molecule has 0 aliphatic rings. The van der Waals surface area contributed by atoms with Crippen LogP contribution in [0.15, 0.2) is 5.03 Å². The van der Waals surface area contributed by atoms with E-state index in [1.807, 2.05) is 20.1 Å². The van der Waals surface area contributed by atoms with Gasteiger partial charge in [0.05, 0.1) is 11.3 Å². The second-order valence-electron chi connectivity index (χ2n) is 4.74. The summed E-state index contributed by atoms with van der Waals surface area (Å²) in [6.07, 6.45) is 3.54. The molecule has 0 spiro atoms. The monoisotopic (exact) mass is 297 g/mol. The highest BCUT2D eigenvalue weighted by Gasteiger charge is 2.18. The molecule has 6 heteroatoms. The number of aliphatic hydroxyl groups excluding tert-OH is 1. The molecule has 112 valence electrons. The van der Waals surface area contributed by atoms with Gasteiger partial charge in [0.25, 0.3) is 5.91 Å². The number of hydrogen-bond acceptors (Lipinski definition) is 5. The van der Waals surface area contributed by atoms with E-state index in [-0.39, 0.29) is 12.5 Å². The van der Waals surface area contributed by atoms with Gasteiger partial charge in [-0.1, -0.05) is 13.3 Å². The summed E-state index contributed by atoms with van der Waals surface area (Å²) in [5, 5.41) is 12.6. The summed E-state index contributed by atoms with van der Waals surface area (Å²) in [4.78, 5) is 20.9. The van der Waals surface area contributed by atoms with Crippen LogP contribution in [-0.4, -0.2) is 40.4 Å². The SMILES string of the molecule is CCC(CCO)CNC(=O)c1c(C)nc(C)nc1SC. The number of carbonyl (C=O) groups is 1. The number of aryl methyl sites for hydroxylation is 2. The molecule has 1 atom stereocenters. The molecule has 0 bridgehead atoms. The number of amides is 1. The van der Waals surface area contributed by atoms with Crippen LogP contribution < -0.4 is 5.32 Å². The summed E-state index contributed by atoms with van der Waals surface area (Å²) in [6.45, 7) is 6.42. The van der Waals surface area contributed by atoms with Crippen LogP contribution in [0.3, 0.4) is 0 Å². The van der Waals surface area contributed by atoms with Crippen LogP contribution in [0.2, 0.25) is 0 Å². The molecule has 20 heavy (non-hydrogen) atoms. The molecule has 0 radical (unpaired) electrons. The largest absolute Gasteiger partial charge is 0.396 e. The van der Waals surface area contributed by atoms with E-state index in [0.29, 0.717) is 41.0 Å². The fourth-order valence-electron chi connectivity index (χ4n) is 2.05. The summed E-state index contributed by atoms with van der Waals surface area (Å²) in [5.41, 5.74) is 1.26. The molecule has 0 saturated heterocycles. The van der Waals surface area contributed by atoms with E-state index < -0.39 is 0 Å². The maximum Gasteiger partial charge on any atom is 0.255 e. The summed E-state index contributed by atoms with van der Waals surface area (Å²) in [7, 11) is 0.